The molecule has 0 radical (unpaired) electrons. The molecule has 2 N–H and O–H groups in total. The quantitative estimate of drug-likeness (QED) is 0.815. The molecule has 0 saturated heterocycles. The fraction of sp³-hybridized carbons (Fsp3) is 0.231. The molecule has 22 heavy (non-hydrogen) atoms. The smallest absolute Gasteiger partial charge is 0.272 e. The molecule has 0 aliphatic rings. The standard InChI is InChI=1S/C13H12F3N3OS2/c1-17-11(20)10-12(22-13(19-10)21-2)18-5-7-8(15)3-6(14)4-9(7)16/h3-4,18H,5H2,1-2H3,(H,17,20). The number of thiazole rings is 1. The topological polar surface area (TPSA) is 54.0 Å². The Morgan fingerprint density at radius 3 is 2.50 bits per heavy atom. The van der Waals surface area contributed by atoms with Gasteiger partial charge < -0.3 is 10.6 Å². The summed E-state index contributed by atoms with van der Waals surface area (Å²) in [4.78, 5) is 15.9. The molecule has 1 heterocycles. The molecule has 0 unspecified atom stereocenters. The lowest BCUT2D eigenvalue weighted by atomic mass is 10.2. The number of nitrogens with one attached hydrogen (secondary N) is 2. The van der Waals surface area contributed by atoms with Crippen molar-refractivity contribution >= 4 is 34.0 Å². The number of carbonyl (C=O) groups is 1. The van der Waals surface area contributed by atoms with Gasteiger partial charge in [-0.05, 0) is 6.26 Å². The van der Waals surface area contributed by atoms with Crippen molar-refractivity contribution in [2.45, 2.75) is 10.9 Å². The van der Waals surface area contributed by atoms with Crippen molar-refractivity contribution in [2.24, 2.45) is 0 Å². The van der Waals surface area contributed by atoms with Gasteiger partial charge in [0.05, 0.1) is 0 Å². The highest BCUT2D eigenvalue weighted by molar-refractivity contribution is 8.00. The van der Waals surface area contributed by atoms with E-state index in [1.54, 1.807) is 6.26 Å². The second kappa shape index (κ2) is 7.01. The van der Waals surface area contributed by atoms with Gasteiger partial charge in [0.1, 0.15) is 22.5 Å². The SMILES string of the molecule is CNC(=O)c1nc(SC)sc1NCc1c(F)cc(F)cc1F. The van der Waals surface area contributed by atoms with Crippen LogP contribution in [0.25, 0.3) is 0 Å². The average molecular weight is 347 g/mol. The van der Waals surface area contributed by atoms with Gasteiger partial charge in [-0.25, -0.2) is 18.2 Å². The average Bonchev–Trinajstić information content (AvgIpc) is 2.88. The van der Waals surface area contributed by atoms with E-state index < -0.39 is 23.4 Å². The number of rotatable bonds is 5. The molecule has 9 heteroatoms. The first-order valence-electron chi connectivity index (χ1n) is 6.10. The molecule has 1 aromatic heterocycles. The van der Waals surface area contributed by atoms with Gasteiger partial charge in [-0.2, -0.15) is 0 Å². The summed E-state index contributed by atoms with van der Waals surface area (Å²) in [5, 5.41) is 5.62. The Morgan fingerprint density at radius 1 is 1.32 bits per heavy atom. The molecule has 0 aliphatic carbocycles. The number of thioether (sulfide) groups is 1. The first-order chi connectivity index (χ1) is 10.5. The summed E-state index contributed by atoms with van der Waals surface area (Å²) in [6.07, 6.45) is 1.80. The predicted molar refractivity (Wildman–Crippen MR) is 80.9 cm³/mol. The number of benzene rings is 1. The fourth-order valence-electron chi connectivity index (χ4n) is 1.69. The minimum absolute atomic E-state index is 0.153. The van der Waals surface area contributed by atoms with Crippen molar-refractivity contribution in [1.82, 2.24) is 10.3 Å². The van der Waals surface area contributed by atoms with Crippen LogP contribution in [0.4, 0.5) is 18.2 Å². The summed E-state index contributed by atoms with van der Waals surface area (Å²) in [5.74, 6) is -3.35. The summed E-state index contributed by atoms with van der Waals surface area (Å²) >= 11 is 2.55. The Kier molecular flexibility index (Phi) is 5.30. The Morgan fingerprint density at radius 2 is 1.95 bits per heavy atom. The largest absolute Gasteiger partial charge is 0.371 e. The fourth-order valence-corrected chi connectivity index (χ4v) is 3.15. The van der Waals surface area contributed by atoms with Gasteiger partial charge in [0.25, 0.3) is 5.91 Å². The van der Waals surface area contributed by atoms with Gasteiger partial charge in [-0.3, -0.25) is 4.79 Å². The number of hydrogen-bond donors (Lipinski definition) is 2. The van der Waals surface area contributed by atoms with Gasteiger partial charge in [-0.15, -0.1) is 0 Å². The zero-order valence-electron chi connectivity index (χ0n) is 11.7. The molecule has 1 aromatic carbocycles. The van der Waals surface area contributed by atoms with Crippen LogP contribution in [0.1, 0.15) is 16.1 Å². The van der Waals surface area contributed by atoms with Gasteiger partial charge >= 0.3 is 0 Å². The van der Waals surface area contributed by atoms with Gasteiger partial charge in [0.2, 0.25) is 0 Å². The summed E-state index contributed by atoms with van der Waals surface area (Å²) < 4.78 is 40.7. The number of anilines is 1. The summed E-state index contributed by atoms with van der Waals surface area (Å²) in [6, 6.07) is 1.22. The number of halogens is 3. The third-order valence-electron chi connectivity index (χ3n) is 2.76. The van der Waals surface area contributed by atoms with Gasteiger partial charge in [0, 0.05) is 31.3 Å². The monoisotopic (exact) mass is 347 g/mol. The van der Waals surface area contributed by atoms with E-state index in [0.717, 1.165) is 0 Å². The second-order valence-electron chi connectivity index (χ2n) is 4.14. The van der Waals surface area contributed by atoms with E-state index >= 15 is 0 Å². The van der Waals surface area contributed by atoms with E-state index in [-0.39, 0.29) is 17.8 Å². The molecular formula is C13H12F3N3OS2. The van der Waals surface area contributed by atoms with Crippen LogP contribution in [-0.4, -0.2) is 24.2 Å². The Labute approximate surface area is 133 Å². The molecule has 118 valence electrons. The highest BCUT2D eigenvalue weighted by atomic mass is 32.2. The molecule has 1 amide bonds. The van der Waals surface area contributed by atoms with Crippen molar-refractivity contribution in [1.29, 1.82) is 0 Å². The van der Waals surface area contributed by atoms with E-state index in [1.165, 1.54) is 30.1 Å². The van der Waals surface area contributed by atoms with Crippen molar-refractivity contribution in [2.75, 3.05) is 18.6 Å². The van der Waals surface area contributed by atoms with E-state index in [2.05, 4.69) is 15.6 Å². The summed E-state index contributed by atoms with van der Waals surface area (Å²) in [6.45, 7) is -0.224. The maximum Gasteiger partial charge on any atom is 0.272 e. The minimum atomic E-state index is -0.985. The maximum absolute atomic E-state index is 13.6. The Hall–Kier alpha value is -1.74. The lowest BCUT2D eigenvalue weighted by Gasteiger charge is -2.08. The Balaban J connectivity index is 2.25. The Bertz CT molecular complexity index is 683. The van der Waals surface area contributed by atoms with Crippen molar-refractivity contribution in [3.63, 3.8) is 0 Å². The highest BCUT2D eigenvalue weighted by Crippen LogP contribution is 2.31. The summed E-state index contributed by atoms with van der Waals surface area (Å²) in [7, 11) is 1.46. The zero-order chi connectivity index (χ0) is 16.3. The number of aromatic nitrogens is 1. The van der Waals surface area contributed by atoms with E-state index in [4.69, 9.17) is 0 Å². The minimum Gasteiger partial charge on any atom is -0.371 e. The van der Waals surface area contributed by atoms with Crippen LogP contribution in [0.2, 0.25) is 0 Å². The molecule has 0 aliphatic heterocycles. The van der Waals surface area contributed by atoms with Crippen LogP contribution in [0.15, 0.2) is 16.5 Å². The number of carbonyl (C=O) groups excluding carboxylic acids is 1. The summed E-state index contributed by atoms with van der Waals surface area (Å²) in [5.41, 5.74) is -0.150. The van der Waals surface area contributed by atoms with Crippen molar-refractivity contribution in [3.8, 4) is 0 Å². The maximum atomic E-state index is 13.6. The van der Waals surface area contributed by atoms with E-state index in [0.29, 0.717) is 21.5 Å². The second-order valence-corrected chi connectivity index (χ2v) is 6.19. The van der Waals surface area contributed by atoms with Gasteiger partial charge in [-0.1, -0.05) is 23.1 Å². The predicted octanol–water partition coefficient (Wildman–Crippen LogP) is 3.25. The van der Waals surface area contributed by atoms with Crippen LogP contribution < -0.4 is 10.6 Å². The highest BCUT2D eigenvalue weighted by Gasteiger charge is 2.18. The molecular weight excluding hydrogens is 335 g/mol. The van der Waals surface area contributed by atoms with Crippen LogP contribution >= 0.6 is 23.1 Å². The molecule has 2 rings (SSSR count). The van der Waals surface area contributed by atoms with Crippen molar-refractivity contribution in [3.05, 3.63) is 40.8 Å². The molecule has 0 saturated carbocycles. The first kappa shape index (κ1) is 16.6. The zero-order valence-corrected chi connectivity index (χ0v) is 13.3. The lowest BCUT2D eigenvalue weighted by molar-refractivity contribution is 0.0959. The van der Waals surface area contributed by atoms with E-state index in [9.17, 15) is 18.0 Å². The number of hydrogen-bond acceptors (Lipinski definition) is 5. The molecule has 4 nitrogen and oxygen atoms in total. The molecule has 0 spiro atoms. The molecule has 0 bridgehead atoms. The van der Waals surface area contributed by atoms with Gasteiger partial charge in [0.15, 0.2) is 10.0 Å². The van der Waals surface area contributed by atoms with Crippen LogP contribution in [-0.2, 0) is 6.54 Å². The normalized spacial score (nSPS) is 10.6. The number of nitrogens with zero attached hydrogens (tertiary/aromatic N) is 1. The van der Waals surface area contributed by atoms with Crippen LogP contribution in [0.5, 0.6) is 0 Å². The number of amides is 1. The van der Waals surface area contributed by atoms with Crippen LogP contribution in [0.3, 0.4) is 0 Å². The van der Waals surface area contributed by atoms with E-state index in [1.807, 2.05) is 0 Å². The first-order valence-corrected chi connectivity index (χ1v) is 8.14. The molecule has 0 fully saturated rings. The lowest BCUT2D eigenvalue weighted by Crippen LogP contribution is -2.19. The van der Waals surface area contributed by atoms with Crippen LogP contribution in [0, 0.1) is 17.5 Å². The molecule has 2 aromatic rings. The molecule has 0 atom stereocenters. The van der Waals surface area contributed by atoms with Crippen molar-refractivity contribution < 1.29 is 18.0 Å². The third kappa shape index (κ3) is 3.53. The third-order valence-corrected chi connectivity index (χ3v) is 4.75.